The van der Waals surface area contributed by atoms with Gasteiger partial charge in [-0.25, -0.2) is 5.43 Å². The van der Waals surface area contributed by atoms with Crippen molar-refractivity contribution in [2.45, 2.75) is 176 Å². The lowest BCUT2D eigenvalue weighted by Gasteiger charge is -2.46. The molecule has 14 N–H and O–H groups in total. The molecule has 3 saturated heterocycles. The average Bonchev–Trinajstić information content (AvgIpc) is 3.73. The van der Waals surface area contributed by atoms with Crippen molar-refractivity contribution in [2.24, 2.45) is 5.73 Å². The maximum atomic E-state index is 12.7. The van der Waals surface area contributed by atoms with Crippen molar-refractivity contribution in [2.75, 3.05) is 33.0 Å². The summed E-state index contributed by atoms with van der Waals surface area (Å²) in [5.74, 6) is -0.453. The van der Waals surface area contributed by atoms with E-state index in [4.69, 9.17) is 34.2 Å². The zero-order valence-corrected chi connectivity index (χ0v) is 35.2. The summed E-state index contributed by atoms with van der Waals surface area (Å²) in [4.78, 5) is 36.8. The number of aliphatic hydroxyl groups excluding tert-OH is 10. The summed E-state index contributed by atoms with van der Waals surface area (Å²) in [6.45, 7) is 0.206. The number of rotatable bonds is 27. The number of ketones is 2. The molecule has 0 saturated carbocycles. The number of nitrogens with two attached hydrogens (primary N) is 1. The molecule has 362 valence electrons. The predicted octanol–water partition coefficient (Wildman–Crippen LogP) is -6.10. The Kier molecular flexibility index (Phi) is 22.1. The van der Waals surface area contributed by atoms with E-state index in [-0.39, 0.29) is 49.8 Å². The third-order valence-corrected chi connectivity index (χ3v) is 11.0. The van der Waals surface area contributed by atoms with Crippen LogP contribution in [0.3, 0.4) is 0 Å². The van der Waals surface area contributed by atoms with Gasteiger partial charge in [-0.05, 0) is 45.6 Å². The lowest BCUT2D eigenvalue weighted by molar-refractivity contribution is -0.366. The molecule has 25 nitrogen and oxygen atoms in total. The van der Waals surface area contributed by atoms with Gasteiger partial charge in [0.2, 0.25) is 5.91 Å². The first-order chi connectivity index (χ1) is 30.1. The molecular formula is C38H66N6O19. The van der Waals surface area contributed by atoms with E-state index in [1.807, 2.05) is 0 Å². The van der Waals surface area contributed by atoms with E-state index in [1.54, 1.807) is 10.9 Å². The highest BCUT2D eigenvalue weighted by atomic mass is 16.7. The predicted molar refractivity (Wildman–Crippen MR) is 210 cm³/mol. The SMILES string of the molecule is CC(=O)[C@H](CCCCN)NNC(=O)CCc1cn(CCCCC(=O)CCCO[C@@H]2O[C@H](CO[C@H]3O[C@H](CO)[C@@H](O)[C@H](O)[C@@H]3O)[C@@H](O)[C@H](O[C@H]3O[C@H](CO)[C@@H](O)[C@H](O)[C@@H]3O)[C@@H]2O)nn1. The maximum absolute atomic E-state index is 12.7. The lowest BCUT2D eigenvalue weighted by Crippen LogP contribution is -2.65. The number of nitrogens with zero attached hydrogens (tertiary/aromatic N) is 3. The van der Waals surface area contributed by atoms with Gasteiger partial charge >= 0.3 is 0 Å². The van der Waals surface area contributed by atoms with Crippen LogP contribution in [-0.2, 0) is 55.8 Å². The zero-order valence-electron chi connectivity index (χ0n) is 35.2. The second-order valence-corrected chi connectivity index (χ2v) is 15.9. The number of carbonyl (C=O) groups is 3. The highest BCUT2D eigenvalue weighted by molar-refractivity contribution is 5.82. The minimum Gasteiger partial charge on any atom is -0.394 e. The Morgan fingerprint density at radius 1 is 0.746 bits per heavy atom. The number of ether oxygens (including phenoxy) is 6. The number of Topliss-reactive ketones (excluding diaryl/α,β-unsaturated/α-hetero) is 2. The Hall–Kier alpha value is -2.77. The first-order valence-electron chi connectivity index (χ1n) is 21.3. The van der Waals surface area contributed by atoms with Gasteiger partial charge in [-0.1, -0.05) is 11.6 Å². The molecule has 1 aromatic rings. The Bertz CT molecular complexity index is 1530. The van der Waals surface area contributed by atoms with Crippen molar-refractivity contribution in [1.82, 2.24) is 25.8 Å². The highest BCUT2D eigenvalue weighted by Crippen LogP contribution is 2.31. The van der Waals surface area contributed by atoms with Crippen molar-refractivity contribution in [1.29, 1.82) is 0 Å². The topological polar surface area (TPSA) is 390 Å². The van der Waals surface area contributed by atoms with Crippen LogP contribution in [0, 0.1) is 0 Å². The summed E-state index contributed by atoms with van der Waals surface area (Å²) >= 11 is 0. The molecule has 4 rings (SSSR count). The summed E-state index contributed by atoms with van der Waals surface area (Å²) in [6.07, 6.45) is -19.1. The van der Waals surface area contributed by atoms with Gasteiger partial charge in [0.15, 0.2) is 18.9 Å². The number of hydrogen-bond donors (Lipinski definition) is 13. The Morgan fingerprint density at radius 2 is 1.37 bits per heavy atom. The van der Waals surface area contributed by atoms with Crippen LogP contribution in [-0.4, -0.2) is 215 Å². The molecule has 0 aliphatic carbocycles. The van der Waals surface area contributed by atoms with Gasteiger partial charge in [-0.2, -0.15) is 0 Å². The fourth-order valence-corrected chi connectivity index (χ4v) is 7.16. The van der Waals surface area contributed by atoms with Crippen molar-refractivity contribution < 1.29 is 93.9 Å². The van der Waals surface area contributed by atoms with Gasteiger partial charge in [0, 0.05) is 38.4 Å². The van der Waals surface area contributed by atoms with Crippen LogP contribution in [0.15, 0.2) is 6.20 Å². The molecule has 0 bridgehead atoms. The second-order valence-electron chi connectivity index (χ2n) is 15.9. The lowest BCUT2D eigenvalue weighted by atomic mass is 9.96. The monoisotopic (exact) mass is 910 g/mol. The fraction of sp³-hybridized carbons (Fsp3) is 0.868. The molecule has 3 aliphatic rings. The summed E-state index contributed by atoms with van der Waals surface area (Å²) < 4.78 is 35.1. The second kappa shape index (κ2) is 26.4. The number of hydrazine groups is 1. The van der Waals surface area contributed by atoms with Crippen LogP contribution < -0.4 is 16.6 Å². The minimum absolute atomic E-state index is 0.0703. The molecule has 16 atom stereocenters. The normalized spacial score (nSPS) is 34.1. The Morgan fingerprint density at radius 3 is 2.02 bits per heavy atom. The third kappa shape index (κ3) is 15.4. The van der Waals surface area contributed by atoms with E-state index in [2.05, 4.69) is 21.2 Å². The van der Waals surface area contributed by atoms with Crippen molar-refractivity contribution in [3.05, 3.63) is 11.9 Å². The van der Waals surface area contributed by atoms with Crippen LogP contribution in [0.5, 0.6) is 0 Å². The van der Waals surface area contributed by atoms with Gasteiger partial charge in [0.05, 0.1) is 38.2 Å². The van der Waals surface area contributed by atoms with Crippen LogP contribution in [0.1, 0.15) is 70.4 Å². The van der Waals surface area contributed by atoms with Crippen LogP contribution in [0.4, 0.5) is 0 Å². The summed E-state index contributed by atoms with van der Waals surface area (Å²) in [7, 11) is 0. The minimum atomic E-state index is -1.90. The molecule has 3 fully saturated rings. The van der Waals surface area contributed by atoms with Gasteiger partial charge in [0.25, 0.3) is 0 Å². The zero-order chi connectivity index (χ0) is 46.2. The molecular weight excluding hydrogens is 844 g/mol. The van der Waals surface area contributed by atoms with Crippen molar-refractivity contribution in [3.63, 3.8) is 0 Å². The van der Waals surface area contributed by atoms with Crippen molar-refractivity contribution >= 4 is 17.5 Å². The van der Waals surface area contributed by atoms with Gasteiger partial charge in [-0.15, -0.1) is 5.10 Å². The smallest absolute Gasteiger partial charge is 0.234 e. The van der Waals surface area contributed by atoms with Crippen LogP contribution >= 0.6 is 0 Å². The van der Waals surface area contributed by atoms with E-state index in [0.29, 0.717) is 44.5 Å². The third-order valence-electron chi connectivity index (χ3n) is 11.0. The number of aliphatic hydroxyl groups is 10. The van der Waals surface area contributed by atoms with Crippen molar-refractivity contribution in [3.8, 4) is 0 Å². The van der Waals surface area contributed by atoms with Crippen LogP contribution in [0.25, 0.3) is 0 Å². The molecule has 63 heavy (non-hydrogen) atoms. The summed E-state index contributed by atoms with van der Waals surface area (Å²) in [5, 5.41) is 111. The molecule has 3 aliphatic heterocycles. The Labute approximate surface area is 363 Å². The molecule has 4 heterocycles. The summed E-state index contributed by atoms with van der Waals surface area (Å²) in [5.41, 5.74) is 11.5. The number of aryl methyl sites for hydroxylation is 2. The standard InChI is InChI=1S/C38H66N6O19/c1-19(47)22(9-2-4-12-39)41-42-26(49)11-10-20-15-44(43-40-20)13-5-3-7-21(48)8-6-14-58-37-34(57)35(63-38-33(56)31(54)28(51)24(17-46)61-38)29(52)25(62-37)18-59-36-32(55)30(53)27(50)23(16-45)60-36/h15,22-25,27-38,41,45-46,50-57H,2-14,16-18,39H2,1H3,(H,42,49)/t22-,23+,24+,25+,27+,28+,29+,30-,31-,32-,33-,34-,35-,36-,37+,38+/m0/s1. The molecule has 25 heteroatoms. The average molecular weight is 911 g/mol. The van der Waals surface area contributed by atoms with E-state index >= 15 is 0 Å². The van der Waals surface area contributed by atoms with Gasteiger partial charge in [-0.3, -0.25) is 24.5 Å². The van der Waals surface area contributed by atoms with E-state index < -0.39 is 118 Å². The van der Waals surface area contributed by atoms with E-state index in [1.165, 1.54) is 6.92 Å². The quantitative estimate of drug-likeness (QED) is 0.0288. The van der Waals surface area contributed by atoms with Gasteiger partial charge in [0.1, 0.15) is 84.8 Å². The van der Waals surface area contributed by atoms with Crippen LogP contribution in [0.2, 0.25) is 0 Å². The number of amides is 1. The highest BCUT2D eigenvalue weighted by Gasteiger charge is 2.52. The first-order valence-corrected chi connectivity index (χ1v) is 21.3. The molecule has 0 unspecified atom stereocenters. The number of carbonyl (C=O) groups excluding carboxylic acids is 3. The Balaban J connectivity index is 1.22. The maximum Gasteiger partial charge on any atom is 0.234 e. The number of unbranched alkanes of at least 4 members (excludes halogenated alkanes) is 2. The number of hydrogen-bond acceptors (Lipinski definition) is 23. The van der Waals surface area contributed by atoms with E-state index in [0.717, 1.165) is 12.8 Å². The number of aromatic nitrogens is 3. The molecule has 1 amide bonds. The number of nitrogens with one attached hydrogen (secondary N) is 2. The molecule has 0 radical (unpaired) electrons. The molecule has 0 aromatic carbocycles. The fourth-order valence-electron chi connectivity index (χ4n) is 7.16. The summed E-state index contributed by atoms with van der Waals surface area (Å²) in [6, 6.07) is -0.492. The molecule has 0 spiro atoms. The molecule has 1 aromatic heterocycles. The largest absolute Gasteiger partial charge is 0.394 e. The van der Waals surface area contributed by atoms with E-state index in [9.17, 15) is 65.4 Å². The van der Waals surface area contributed by atoms with Gasteiger partial charge < -0.3 is 85.2 Å². The first kappa shape index (κ1) is 52.9.